The standard InChI is InChI=1S/C23H22N2O5S/c1-25(2)31(28,29)21-13-7-11-19(15-21)23(27)30-20-12-6-10-18(14-20)22(26)24-16-17-8-4-3-5-9-17/h3-15H,16H2,1-2H3,(H,24,26). The molecule has 31 heavy (non-hydrogen) atoms. The summed E-state index contributed by atoms with van der Waals surface area (Å²) >= 11 is 0. The van der Waals surface area contributed by atoms with E-state index < -0.39 is 16.0 Å². The number of sulfonamides is 1. The molecule has 0 atom stereocenters. The maximum Gasteiger partial charge on any atom is 0.343 e. The highest BCUT2D eigenvalue weighted by Gasteiger charge is 2.19. The van der Waals surface area contributed by atoms with Gasteiger partial charge in [-0.15, -0.1) is 0 Å². The Bertz CT molecular complexity index is 1190. The number of benzene rings is 3. The van der Waals surface area contributed by atoms with Crippen LogP contribution in [0, 0.1) is 0 Å². The highest BCUT2D eigenvalue weighted by Crippen LogP contribution is 2.18. The molecule has 0 fully saturated rings. The van der Waals surface area contributed by atoms with E-state index in [1.54, 1.807) is 18.2 Å². The first-order valence-corrected chi connectivity index (χ1v) is 10.9. The number of rotatable bonds is 7. The van der Waals surface area contributed by atoms with Crippen molar-refractivity contribution in [2.45, 2.75) is 11.4 Å². The van der Waals surface area contributed by atoms with Gasteiger partial charge in [0.05, 0.1) is 10.5 Å². The fourth-order valence-corrected chi connectivity index (χ4v) is 3.69. The van der Waals surface area contributed by atoms with Crippen molar-refractivity contribution in [3.05, 3.63) is 95.6 Å². The van der Waals surface area contributed by atoms with Gasteiger partial charge >= 0.3 is 5.97 Å². The molecule has 1 N–H and O–H groups in total. The molecule has 0 aliphatic rings. The maximum absolute atomic E-state index is 12.5. The van der Waals surface area contributed by atoms with E-state index in [-0.39, 0.29) is 22.1 Å². The smallest absolute Gasteiger partial charge is 0.343 e. The molecule has 0 radical (unpaired) electrons. The lowest BCUT2D eigenvalue weighted by Crippen LogP contribution is -2.23. The number of hydrogen-bond donors (Lipinski definition) is 1. The van der Waals surface area contributed by atoms with Crippen LogP contribution in [0.25, 0.3) is 0 Å². The van der Waals surface area contributed by atoms with Crippen molar-refractivity contribution in [2.24, 2.45) is 0 Å². The molecule has 3 aromatic carbocycles. The lowest BCUT2D eigenvalue weighted by molar-refractivity contribution is 0.0733. The van der Waals surface area contributed by atoms with Gasteiger partial charge in [-0.05, 0) is 42.0 Å². The van der Waals surface area contributed by atoms with Crippen LogP contribution in [0.2, 0.25) is 0 Å². The largest absolute Gasteiger partial charge is 0.423 e. The average molecular weight is 439 g/mol. The van der Waals surface area contributed by atoms with Crippen LogP contribution in [0.5, 0.6) is 5.75 Å². The van der Waals surface area contributed by atoms with E-state index >= 15 is 0 Å². The number of carbonyl (C=O) groups is 2. The monoisotopic (exact) mass is 438 g/mol. The minimum absolute atomic E-state index is 0.0130. The van der Waals surface area contributed by atoms with Gasteiger partial charge in [0, 0.05) is 26.2 Å². The fraction of sp³-hybridized carbons (Fsp3) is 0.130. The fourth-order valence-electron chi connectivity index (χ4n) is 2.74. The zero-order valence-electron chi connectivity index (χ0n) is 17.1. The summed E-state index contributed by atoms with van der Waals surface area (Å²) in [5.41, 5.74) is 1.39. The molecular formula is C23H22N2O5S. The molecule has 0 heterocycles. The van der Waals surface area contributed by atoms with Crippen LogP contribution in [0.3, 0.4) is 0 Å². The van der Waals surface area contributed by atoms with Gasteiger partial charge in [-0.2, -0.15) is 0 Å². The Morgan fingerprint density at radius 2 is 1.55 bits per heavy atom. The third-order valence-corrected chi connectivity index (χ3v) is 6.26. The summed E-state index contributed by atoms with van der Waals surface area (Å²) in [6.07, 6.45) is 0. The van der Waals surface area contributed by atoms with Crippen molar-refractivity contribution in [1.29, 1.82) is 0 Å². The van der Waals surface area contributed by atoms with E-state index in [4.69, 9.17) is 4.74 Å². The summed E-state index contributed by atoms with van der Waals surface area (Å²) in [4.78, 5) is 24.9. The van der Waals surface area contributed by atoms with E-state index in [0.717, 1.165) is 9.87 Å². The molecular weight excluding hydrogens is 416 g/mol. The maximum atomic E-state index is 12.5. The van der Waals surface area contributed by atoms with Crippen LogP contribution >= 0.6 is 0 Å². The van der Waals surface area contributed by atoms with E-state index in [1.165, 1.54) is 44.4 Å². The molecule has 0 aliphatic heterocycles. The molecule has 0 saturated heterocycles. The summed E-state index contributed by atoms with van der Waals surface area (Å²) < 4.78 is 31.0. The number of hydrogen-bond acceptors (Lipinski definition) is 5. The van der Waals surface area contributed by atoms with Crippen LogP contribution in [0.4, 0.5) is 0 Å². The Kier molecular flexibility index (Phi) is 6.84. The predicted octanol–water partition coefficient (Wildman–Crippen LogP) is 3.09. The molecule has 8 heteroatoms. The van der Waals surface area contributed by atoms with Crippen LogP contribution in [-0.2, 0) is 16.6 Å². The van der Waals surface area contributed by atoms with Crippen LogP contribution < -0.4 is 10.1 Å². The second-order valence-electron chi connectivity index (χ2n) is 6.90. The lowest BCUT2D eigenvalue weighted by atomic mass is 10.2. The second kappa shape index (κ2) is 9.55. The Hall–Kier alpha value is -3.49. The molecule has 3 aromatic rings. The molecule has 0 bridgehead atoms. The zero-order chi connectivity index (χ0) is 22.4. The van der Waals surface area contributed by atoms with E-state index in [1.807, 2.05) is 30.3 Å². The molecule has 0 spiro atoms. The number of nitrogens with one attached hydrogen (secondary N) is 1. The van der Waals surface area contributed by atoms with Gasteiger partial charge in [0.25, 0.3) is 5.91 Å². The first-order valence-electron chi connectivity index (χ1n) is 9.44. The van der Waals surface area contributed by atoms with E-state index in [9.17, 15) is 18.0 Å². The van der Waals surface area contributed by atoms with Gasteiger partial charge in [-0.3, -0.25) is 4.79 Å². The van der Waals surface area contributed by atoms with Crippen molar-refractivity contribution in [2.75, 3.05) is 14.1 Å². The van der Waals surface area contributed by atoms with Gasteiger partial charge in [-0.25, -0.2) is 17.5 Å². The highest BCUT2D eigenvalue weighted by atomic mass is 32.2. The molecule has 160 valence electrons. The Labute approximate surface area is 181 Å². The number of esters is 1. The van der Waals surface area contributed by atoms with Crippen LogP contribution in [-0.4, -0.2) is 38.7 Å². The summed E-state index contributed by atoms with van der Waals surface area (Å²) in [6.45, 7) is 0.372. The van der Waals surface area contributed by atoms with Crippen molar-refractivity contribution in [3.8, 4) is 5.75 Å². The highest BCUT2D eigenvalue weighted by molar-refractivity contribution is 7.89. The summed E-state index contributed by atoms with van der Waals surface area (Å²) in [6, 6.07) is 21.3. The first kappa shape index (κ1) is 22.2. The predicted molar refractivity (Wildman–Crippen MR) is 116 cm³/mol. The van der Waals surface area contributed by atoms with Gasteiger partial charge in [0.1, 0.15) is 5.75 Å². The molecule has 0 aliphatic carbocycles. The van der Waals surface area contributed by atoms with E-state index in [0.29, 0.717) is 12.1 Å². The lowest BCUT2D eigenvalue weighted by Gasteiger charge is -2.12. The van der Waals surface area contributed by atoms with Crippen molar-refractivity contribution in [3.63, 3.8) is 0 Å². The van der Waals surface area contributed by atoms with Crippen LogP contribution in [0.15, 0.2) is 83.8 Å². The average Bonchev–Trinajstić information content (AvgIpc) is 2.78. The zero-order valence-corrected chi connectivity index (χ0v) is 17.9. The van der Waals surface area contributed by atoms with Crippen LogP contribution in [0.1, 0.15) is 26.3 Å². The number of amides is 1. The minimum atomic E-state index is -3.68. The summed E-state index contributed by atoms with van der Waals surface area (Å²) in [5.74, 6) is -0.850. The SMILES string of the molecule is CN(C)S(=O)(=O)c1cccc(C(=O)Oc2cccc(C(=O)NCc3ccccc3)c2)c1. The number of ether oxygens (including phenoxy) is 1. The Morgan fingerprint density at radius 3 is 2.26 bits per heavy atom. The van der Waals surface area contributed by atoms with Crippen molar-refractivity contribution >= 4 is 21.9 Å². The summed E-state index contributed by atoms with van der Waals surface area (Å²) in [7, 11) is -0.858. The molecule has 0 aromatic heterocycles. The number of carbonyl (C=O) groups excluding carboxylic acids is 2. The molecule has 1 amide bonds. The van der Waals surface area contributed by atoms with Gasteiger partial charge in [-0.1, -0.05) is 42.5 Å². The van der Waals surface area contributed by atoms with Crippen molar-refractivity contribution < 1.29 is 22.7 Å². The molecule has 0 unspecified atom stereocenters. The topological polar surface area (TPSA) is 92.8 Å². The third-order valence-electron chi connectivity index (χ3n) is 4.45. The third kappa shape index (κ3) is 5.56. The number of nitrogens with zero attached hydrogens (tertiary/aromatic N) is 1. The minimum Gasteiger partial charge on any atom is -0.423 e. The molecule has 3 rings (SSSR count). The van der Waals surface area contributed by atoms with Gasteiger partial charge in [0.15, 0.2) is 0 Å². The summed E-state index contributed by atoms with van der Waals surface area (Å²) in [5, 5.41) is 2.81. The second-order valence-corrected chi connectivity index (χ2v) is 9.05. The Balaban J connectivity index is 1.71. The van der Waals surface area contributed by atoms with Gasteiger partial charge in [0.2, 0.25) is 10.0 Å². The first-order chi connectivity index (χ1) is 14.8. The molecule has 7 nitrogen and oxygen atoms in total. The normalized spacial score (nSPS) is 11.2. The van der Waals surface area contributed by atoms with Crippen molar-refractivity contribution in [1.82, 2.24) is 9.62 Å². The molecule has 0 saturated carbocycles. The quantitative estimate of drug-likeness (QED) is 0.452. The van der Waals surface area contributed by atoms with E-state index in [2.05, 4.69) is 5.32 Å². The Morgan fingerprint density at radius 1 is 0.871 bits per heavy atom. The van der Waals surface area contributed by atoms with Gasteiger partial charge < -0.3 is 10.1 Å².